The molecule has 1 aliphatic carbocycles. The molecule has 1 aromatic rings. The Balaban J connectivity index is 1.69. The van der Waals surface area contributed by atoms with Gasteiger partial charge in [0.05, 0.1) is 0 Å². The summed E-state index contributed by atoms with van der Waals surface area (Å²) < 4.78 is 0. The lowest BCUT2D eigenvalue weighted by atomic mass is 9.97. The second kappa shape index (κ2) is 6.21. The molecule has 0 fully saturated rings. The van der Waals surface area contributed by atoms with Crippen LogP contribution >= 0.6 is 11.3 Å². The quantitative estimate of drug-likeness (QED) is 0.751. The zero-order valence-corrected chi connectivity index (χ0v) is 10.9. The topological polar surface area (TPSA) is 12.0 Å². The molecular formula is C14H21NS. The Bertz CT molecular complexity index is 327. The molecule has 1 aromatic heterocycles. The lowest BCUT2D eigenvalue weighted by Gasteiger charge is -2.15. The molecule has 1 N–H and O–H groups in total. The number of thiophene rings is 1. The molecule has 1 atom stereocenters. The maximum atomic E-state index is 3.60. The summed E-state index contributed by atoms with van der Waals surface area (Å²) in [6, 6.07) is 4.84. The second-order valence-electron chi connectivity index (χ2n) is 4.55. The Hall–Kier alpha value is -0.600. The standard InChI is InChI=1S/C14H21NS/c1-12(14-8-5-11-16-14)15-10-9-13-6-3-2-4-7-13/h5-6,8,11-12,15H,2-4,7,9-10H2,1H3. The van der Waals surface area contributed by atoms with Gasteiger partial charge in [-0.2, -0.15) is 0 Å². The van der Waals surface area contributed by atoms with Crippen molar-refractivity contribution in [2.45, 2.75) is 45.1 Å². The van der Waals surface area contributed by atoms with E-state index in [9.17, 15) is 0 Å². The average molecular weight is 235 g/mol. The van der Waals surface area contributed by atoms with Crippen LogP contribution in [0, 0.1) is 0 Å². The van der Waals surface area contributed by atoms with Crippen LogP contribution in [0.2, 0.25) is 0 Å². The Labute approximate surface area is 103 Å². The van der Waals surface area contributed by atoms with Crippen molar-refractivity contribution in [3.05, 3.63) is 34.0 Å². The van der Waals surface area contributed by atoms with Gasteiger partial charge in [0.15, 0.2) is 0 Å². The molecule has 0 saturated heterocycles. The van der Waals surface area contributed by atoms with Crippen LogP contribution in [0.5, 0.6) is 0 Å². The van der Waals surface area contributed by atoms with Crippen molar-refractivity contribution in [2.24, 2.45) is 0 Å². The normalized spacial score (nSPS) is 18.2. The van der Waals surface area contributed by atoms with Gasteiger partial charge in [-0.25, -0.2) is 0 Å². The van der Waals surface area contributed by atoms with E-state index in [0.29, 0.717) is 6.04 Å². The Morgan fingerprint density at radius 3 is 3.06 bits per heavy atom. The molecule has 2 rings (SSSR count). The van der Waals surface area contributed by atoms with Crippen molar-refractivity contribution in [3.8, 4) is 0 Å². The molecule has 16 heavy (non-hydrogen) atoms. The van der Waals surface area contributed by atoms with Crippen LogP contribution in [0.1, 0.15) is 49.9 Å². The smallest absolute Gasteiger partial charge is 0.0386 e. The van der Waals surface area contributed by atoms with Crippen LogP contribution in [0.15, 0.2) is 29.2 Å². The van der Waals surface area contributed by atoms with Crippen molar-refractivity contribution in [3.63, 3.8) is 0 Å². The van der Waals surface area contributed by atoms with Gasteiger partial charge in [-0.1, -0.05) is 17.7 Å². The molecule has 1 nitrogen and oxygen atoms in total. The largest absolute Gasteiger partial charge is 0.309 e. The van der Waals surface area contributed by atoms with Gasteiger partial charge in [-0.05, 0) is 57.0 Å². The van der Waals surface area contributed by atoms with E-state index in [1.54, 1.807) is 5.57 Å². The van der Waals surface area contributed by atoms with Gasteiger partial charge in [-0.3, -0.25) is 0 Å². The fourth-order valence-corrected chi connectivity index (χ4v) is 2.98. The molecule has 0 aromatic carbocycles. The van der Waals surface area contributed by atoms with Crippen molar-refractivity contribution < 1.29 is 0 Å². The van der Waals surface area contributed by atoms with Crippen LogP contribution in [0.25, 0.3) is 0 Å². The monoisotopic (exact) mass is 235 g/mol. The molecule has 0 saturated carbocycles. The molecule has 88 valence electrons. The van der Waals surface area contributed by atoms with Gasteiger partial charge >= 0.3 is 0 Å². The summed E-state index contributed by atoms with van der Waals surface area (Å²) in [5.74, 6) is 0. The van der Waals surface area contributed by atoms with E-state index in [4.69, 9.17) is 0 Å². The maximum Gasteiger partial charge on any atom is 0.0386 e. The molecule has 0 radical (unpaired) electrons. The van der Waals surface area contributed by atoms with Gasteiger partial charge < -0.3 is 5.32 Å². The van der Waals surface area contributed by atoms with E-state index >= 15 is 0 Å². The first-order valence-electron chi connectivity index (χ1n) is 6.31. The van der Waals surface area contributed by atoms with E-state index < -0.39 is 0 Å². The zero-order chi connectivity index (χ0) is 11.2. The summed E-state index contributed by atoms with van der Waals surface area (Å²) in [6.07, 6.45) is 9.09. The maximum absolute atomic E-state index is 3.60. The molecule has 2 heteroatoms. The SMILES string of the molecule is CC(NCCC1=CCCCC1)c1cccs1. The lowest BCUT2D eigenvalue weighted by Crippen LogP contribution is -2.19. The number of nitrogens with one attached hydrogen (secondary N) is 1. The van der Waals surface area contributed by atoms with Crippen molar-refractivity contribution in [1.82, 2.24) is 5.32 Å². The number of hydrogen-bond acceptors (Lipinski definition) is 2. The number of hydrogen-bond donors (Lipinski definition) is 1. The average Bonchev–Trinajstić information content (AvgIpc) is 2.84. The molecule has 1 unspecified atom stereocenters. The molecule has 0 aliphatic heterocycles. The van der Waals surface area contributed by atoms with Gasteiger partial charge in [0.1, 0.15) is 0 Å². The highest BCUT2D eigenvalue weighted by Gasteiger charge is 2.07. The highest BCUT2D eigenvalue weighted by Crippen LogP contribution is 2.21. The van der Waals surface area contributed by atoms with Crippen LogP contribution < -0.4 is 5.32 Å². The van der Waals surface area contributed by atoms with E-state index in [0.717, 1.165) is 6.54 Å². The summed E-state index contributed by atoms with van der Waals surface area (Å²) in [6.45, 7) is 3.37. The molecule has 1 aliphatic rings. The van der Waals surface area contributed by atoms with Crippen molar-refractivity contribution >= 4 is 11.3 Å². The summed E-state index contributed by atoms with van der Waals surface area (Å²) in [4.78, 5) is 1.44. The lowest BCUT2D eigenvalue weighted by molar-refractivity contribution is 0.569. The third-order valence-corrected chi connectivity index (χ3v) is 4.31. The predicted octanol–water partition coefficient (Wildman–Crippen LogP) is 4.29. The first-order chi connectivity index (χ1) is 7.86. The second-order valence-corrected chi connectivity index (χ2v) is 5.53. The minimum absolute atomic E-state index is 0.504. The fraction of sp³-hybridized carbons (Fsp3) is 0.571. The zero-order valence-electron chi connectivity index (χ0n) is 10.0. The third kappa shape index (κ3) is 3.46. The molecule has 1 heterocycles. The molecule has 0 bridgehead atoms. The van der Waals surface area contributed by atoms with E-state index in [-0.39, 0.29) is 0 Å². The van der Waals surface area contributed by atoms with Crippen molar-refractivity contribution in [1.29, 1.82) is 0 Å². The van der Waals surface area contributed by atoms with Crippen LogP contribution in [0.3, 0.4) is 0 Å². The van der Waals surface area contributed by atoms with Crippen LogP contribution in [0.4, 0.5) is 0 Å². The molecule has 0 amide bonds. The first-order valence-corrected chi connectivity index (χ1v) is 7.19. The van der Waals surface area contributed by atoms with Gasteiger partial charge in [-0.15, -0.1) is 11.3 Å². The van der Waals surface area contributed by atoms with Gasteiger partial charge in [0.2, 0.25) is 0 Å². The van der Waals surface area contributed by atoms with E-state index in [1.165, 1.54) is 37.0 Å². The Morgan fingerprint density at radius 1 is 1.44 bits per heavy atom. The first kappa shape index (κ1) is 11.9. The van der Waals surface area contributed by atoms with Gasteiger partial charge in [0, 0.05) is 10.9 Å². The number of rotatable bonds is 5. The summed E-state index contributed by atoms with van der Waals surface area (Å²) >= 11 is 1.84. The van der Waals surface area contributed by atoms with Crippen LogP contribution in [-0.2, 0) is 0 Å². The molecular weight excluding hydrogens is 214 g/mol. The van der Waals surface area contributed by atoms with Crippen LogP contribution in [-0.4, -0.2) is 6.54 Å². The van der Waals surface area contributed by atoms with E-state index in [1.807, 2.05) is 11.3 Å². The summed E-state index contributed by atoms with van der Waals surface area (Å²) in [5, 5.41) is 5.75. The minimum Gasteiger partial charge on any atom is -0.309 e. The molecule has 0 spiro atoms. The summed E-state index contributed by atoms with van der Waals surface area (Å²) in [7, 11) is 0. The highest BCUT2D eigenvalue weighted by atomic mass is 32.1. The van der Waals surface area contributed by atoms with Gasteiger partial charge in [0.25, 0.3) is 0 Å². The van der Waals surface area contributed by atoms with Crippen molar-refractivity contribution in [2.75, 3.05) is 6.54 Å². The third-order valence-electron chi connectivity index (χ3n) is 3.25. The predicted molar refractivity (Wildman–Crippen MR) is 71.9 cm³/mol. The minimum atomic E-state index is 0.504. The Morgan fingerprint density at radius 2 is 2.38 bits per heavy atom. The number of allylic oxidation sites excluding steroid dienone is 1. The van der Waals surface area contributed by atoms with E-state index in [2.05, 4.69) is 35.8 Å². The Kier molecular flexibility index (Phi) is 4.61. The fourth-order valence-electron chi connectivity index (χ4n) is 2.22. The highest BCUT2D eigenvalue weighted by molar-refractivity contribution is 7.10. The summed E-state index contributed by atoms with van der Waals surface area (Å²) in [5.41, 5.74) is 1.66.